The smallest absolute Gasteiger partial charge is 0.241 e. The first-order valence-electron chi connectivity index (χ1n) is 8.66. The fourth-order valence-corrected chi connectivity index (χ4v) is 4.37. The van der Waals surface area contributed by atoms with E-state index in [0.717, 1.165) is 11.1 Å². The summed E-state index contributed by atoms with van der Waals surface area (Å²) < 4.78 is 5.75. The van der Waals surface area contributed by atoms with Gasteiger partial charge < -0.3 is 9.84 Å². The molecule has 0 saturated carbocycles. The number of rotatable bonds is 3. The summed E-state index contributed by atoms with van der Waals surface area (Å²) in [6.07, 6.45) is 3.08. The predicted octanol–water partition coefficient (Wildman–Crippen LogP) is 2.16. The van der Waals surface area contributed by atoms with Crippen LogP contribution >= 0.6 is 0 Å². The maximum Gasteiger partial charge on any atom is 0.241 e. The fraction of sp³-hybridized carbons (Fsp3) is 0.238. The summed E-state index contributed by atoms with van der Waals surface area (Å²) in [7, 11) is 0. The number of amides is 2. The number of ether oxygens (including phenoxy) is 1. The average Bonchev–Trinajstić information content (AvgIpc) is 3.33. The van der Waals surface area contributed by atoms with Crippen molar-refractivity contribution in [2.45, 2.75) is 11.7 Å². The Balaban J connectivity index is 1.49. The Kier molecular flexibility index (Phi) is 3.20. The number of imide groups is 1. The van der Waals surface area contributed by atoms with Crippen molar-refractivity contribution < 1.29 is 19.4 Å². The zero-order chi connectivity index (χ0) is 17.9. The molecule has 0 aliphatic carbocycles. The van der Waals surface area contributed by atoms with Crippen molar-refractivity contribution >= 4 is 17.5 Å². The Hall–Kier alpha value is -2.76. The molecular formula is C21H17NO4. The fourth-order valence-electron chi connectivity index (χ4n) is 4.37. The van der Waals surface area contributed by atoms with E-state index in [4.69, 9.17) is 4.74 Å². The highest BCUT2D eigenvalue weighted by Gasteiger charge is 2.67. The van der Waals surface area contributed by atoms with Crippen molar-refractivity contribution in [1.29, 1.82) is 0 Å². The molecule has 0 aromatic heterocycles. The summed E-state index contributed by atoms with van der Waals surface area (Å²) in [4.78, 5) is 27.1. The number of carbonyl (C=O) groups excluding carboxylic acids is 2. The normalized spacial score (nSPS) is 31.7. The third-order valence-corrected chi connectivity index (χ3v) is 5.63. The lowest BCUT2D eigenvalue weighted by atomic mass is 9.77. The molecule has 3 heterocycles. The van der Waals surface area contributed by atoms with Crippen LogP contribution in [0.1, 0.15) is 0 Å². The van der Waals surface area contributed by atoms with Crippen LogP contribution in [0, 0.1) is 11.8 Å². The average molecular weight is 347 g/mol. The molecule has 26 heavy (non-hydrogen) atoms. The Morgan fingerprint density at radius 1 is 0.962 bits per heavy atom. The molecule has 0 unspecified atom stereocenters. The lowest BCUT2D eigenvalue weighted by molar-refractivity contribution is -0.128. The first-order valence-corrected chi connectivity index (χ1v) is 8.66. The Labute approximate surface area is 150 Å². The van der Waals surface area contributed by atoms with Gasteiger partial charge in [-0.05, 0) is 23.3 Å². The number of aliphatic hydroxyl groups excluding tert-OH is 1. The monoisotopic (exact) mass is 347 g/mol. The number of nitrogens with zero attached hydrogens (tertiary/aromatic N) is 1. The van der Waals surface area contributed by atoms with Crippen molar-refractivity contribution in [2.75, 3.05) is 11.5 Å². The van der Waals surface area contributed by atoms with Crippen molar-refractivity contribution in [3.8, 4) is 11.1 Å². The minimum absolute atomic E-state index is 0.253. The van der Waals surface area contributed by atoms with E-state index in [1.54, 1.807) is 24.3 Å². The minimum atomic E-state index is -1.05. The second-order valence-corrected chi connectivity index (χ2v) is 6.98. The second-order valence-electron chi connectivity index (χ2n) is 6.98. The molecule has 5 rings (SSSR count). The molecule has 2 aromatic rings. The van der Waals surface area contributed by atoms with E-state index in [1.165, 1.54) is 4.90 Å². The Morgan fingerprint density at radius 3 is 2.35 bits per heavy atom. The van der Waals surface area contributed by atoms with Crippen LogP contribution < -0.4 is 4.90 Å². The quantitative estimate of drug-likeness (QED) is 0.682. The summed E-state index contributed by atoms with van der Waals surface area (Å²) in [6.45, 7) is -0.305. The van der Waals surface area contributed by atoms with Crippen molar-refractivity contribution in [3.63, 3.8) is 0 Å². The first-order chi connectivity index (χ1) is 12.6. The molecule has 1 N–H and O–H groups in total. The van der Waals surface area contributed by atoms with E-state index in [1.807, 2.05) is 42.5 Å². The highest BCUT2D eigenvalue weighted by Crippen LogP contribution is 2.52. The lowest BCUT2D eigenvalue weighted by Crippen LogP contribution is -2.43. The van der Waals surface area contributed by atoms with Gasteiger partial charge in [0.2, 0.25) is 11.8 Å². The number of hydrogen-bond acceptors (Lipinski definition) is 4. The molecular weight excluding hydrogens is 330 g/mol. The Morgan fingerprint density at radius 2 is 1.65 bits per heavy atom. The predicted molar refractivity (Wildman–Crippen MR) is 95.2 cm³/mol. The third kappa shape index (κ3) is 1.92. The van der Waals surface area contributed by atoms with Gasteiger partial charge in [0.05, 0.1) is 30.2 Å². The second kappa shape index (κ2) is 5.37. The van der Waals surface area contributed by atoms with Crippen molar-refractivity contribution in [2.24, 2.45) is 11.8 Å². The molecule has 4 atom stereocenters. The number of carbonyl (C=O) groups is 2. The van der Waals surface area contributed by atoms with Crippen LogP contribution in [0.2, 0.25) is 0 Å². The van der Waals surface area contributed by atoms with E-state index in [9.17, 15) is 14.7 Å². The molecule has 0 radical (unpaired) electrons. The molecule has 3 aliphatic rings. The number of fused-ring (bicyclic) bond motifs is 5. The van der Waals surface area contributed by atoms with Crippen molar-refractivity contribution in [1.82, 2.24) is 0 Å². The zero-order valence-corrected chi connectivity index (χ0v) is 13.9. The minimum Gasteiger partial charge on any atom is -0.393 e. The van der Waals surface area contributed by atoms with Crippen LogP contribution in [0.3, 0.4) is 0 Å². The molecule has 5 nitrogen and oxygen atoms in total. The van der Waals surface area contributed by atoms with Gasteiger partial charge in [-0.1, -0.05) is 54.6 Å². The van der Waals surface area contributed by atoms with Gasteiger partial charge >= 0.3 is 0 Å². The maximum absolute atomic E-state index is 13.0. The molecule has 5 heteroatoms. The van der Waals surface area contributed by atoms with Crippen LogP contribution in [0.25, 0.3) is 11.1 Å². The van der Waals surface area contributed by atoms with Gasteiger partial charge in [-0.2, -0.15) is 0 Å². The van der Waals surface area contributed by atoms with Crippen LogP contribution in [0.5, 0.6) is 0 Å². The number of anilines is 1. The Bertz CT molecular complexity index is 921. The molecule has 3 aliphatic heterocycles. The van der Waals surface area contributed by atoms with E-state index in [-0.39, 0.29) is 18.4 Å². The van der Waals surface area contributed by atoms with Gasteiger partial charge in [0.15, 0.2) is 0 Å². The van der Waals surface area contributed by atoms with Crippen LogP contribution in [-0.4, -0.2) is 35.2 Å². The summed E-state index contributed by atoms with van der Waals surface area (Å²) in [5, 5.41) is 9.76. The highest BCUT2D eigenvalue weighted by molar-refractivity contribution is 6.23. The lowest BCUT2D eigenvalue weighted by Gasteiger charge is -2.26. The maximum atomic E-state index is 13.0. The first kappa shape index (κ1) is 15.5. The van der Waals surface area contributed by atoms with Gasteiger partial charge in [0.25, 0.3) is 0 Å². The SMILES string of the molecule is O=C1[C@H]2[C@@H]3C=C[C@](CO)(O3)[C@@H]2C(=O)N1c1ccc(-c2ccccc2)cc1. The summed E-state index contributed by atoms with van der Waals surface area (Å²) in [6, 6.07) is 17.3. The van der Waals surface area contributed by atoms with E-state index >= 15 is 0 Å². The van der Waals surface area contributed by atoms with Gasteiger partial charge in [-0.15, -0.1) is 0 Å². The van der Waals surface area contributed by atoms with Crippen molar-refractivity contribution in [3.05, 3.63) is 66.7 Å². The van der Waals surface area contributed by atoms with Crippen LogP contribution in [-0.2, 0) is 14.3 Å². The standard InChI is InChI=1S/C21H17NO4/c23-12-21-11-10-16(26-21)17-18(21)20(25)22(19(17)24)15-8-6-14(7-9-15)13-4-2-1-3-5-13/h1-11,16-18,23H,12H2/t16-,17-,18-,21+/m0/s1. The molecule has 130 valence electrons. The summed E-state index contributed by atoms with van der Waals surface area (Å²) >= 11 is 0. The highest BCUT2D eigenvalue weighted by atomic mass is 16.5. The number of hydrogen-bond donors (Lipinski definition) is 1. The van der Waals surface area contributed by atoms with E-state index < -0.39 is 23.5 Å². The number of aliphatic hydroxyl groups is 1. The summed E-state index contributed by atoms with van der Waals surface area (Å²) in [5.41, 5.74) is 1.60. The molecule has 2 saturated heterocycles. The van der Waals surface area contributed by atoms with Gasteiger partial charge in [-0.25, -0.2) is 4.90 Å². The molecule has 2 amide bonds. The third-order valence-electron chi connectivity index (χ3n) is 5.63. The largest absolute Gasteiger partial charge is 0.393 e. The van der Waals surface area contributed by atoms with Crippen LogP contribution in [0.15, 0.2) is 66.7 Å². The zero-order valence-electron chi connectivity index (χ0n) is 13.9. The molecule has 0 spiro atoms. The summed E-state index contributed by atoms with van der Waals surface area (Å²) in [5.74, 6) is -1.75. The molecule has 2 bridgehead atoms. The van der Waals surface area contributed by atoms with Gasteiger partial charge in [0.1, 0.15) is 5.60 Å². The van der Waals surface area contributed by atoms with E-state index in [2.05, 4.69) is 0 Å². The number of benzene rings is 2. The van der Waals surface area contributed by atoms with Crippen LogP contribution in [0.4, 0.5) is 5.69 Å². The van der Waals surface area contributed by atoms with Gasteiger partial charge in [0, 0.05) is 0 Å². The topological polar surface area (TPSA) is 66.8 Å². The molecule has 2 fully saturated rings. The van der Waals surface area contributed by atoms with E-state index in [0.29, 0.717) is 5.69 Å². The van der Waals surface area contributed by atoms with Gasteiger partial charge in [-0.3, -0.25) is 9.59 Å². The molecule has 2 aromatic carbocycles.